The van der Waals surface area contributed by atoms with Crippen molar-refractivity contribution >= 4 is 28.4 Å². The highest BCUT2D eigenvalue weighted by molar-refractivity contribution is 5.92. The highest BCUT2D eigenvalue weighted by atomic mass is 19.1. The molecule has 144 valence electrons. The summed E-state index contributed by atoms with van der Waals surface area (Å²) in [5, 5.41) is 2.64. The minimum atomic E-state index is -0.425. The number of para-hydroxylation sites is 3. The fourth-order valence-corrected chi connectivity index (χ4v) is 3.45. The van der Waals surface area contributed by atoms with Crippen molar-refractivity contribution in [3.05, 3.63) is 60.0 Å². The predicted octanol–water partition coefficient (Wildman–Crippen LogP) is 2.84. The van der Waals surface area contributed by atoms with Gasteiger partial charge in [-0.3, -0.25) is 9.69 Å². The van der Waals surface area contributed by atoms with Crippen LogP contribution in [0.1, 0.15) is 5.69 Å². The first kappa shape index (κ1) is 18.3. The van der Waals surface area contributed by atoms with Crippen LogP contribution in [-0.4, -0.2) is 53.5 Å². The summed E-state index contributed by atoms with van der Waals surface area (Å²) in [6, 6.07) is 14.0. The van der Waals surface area contributed by atoms with E-state index >= 15 is 0 Å². The normalized spacial score (nSPS) is 15.0. The quantitative estimate of drug-likeness (QED) is 0.755. The third-order valence-corrected chi connectivity index (χ3v) is 4.91. The Morgan fingerprint density at radius 3 is 2.36 bits per heavy atom. The molecule has 1 aromatic heterocycles. The number of carbonyl (C=O) groups excluding carboxylic acids is 1. The first-order chi connectivity index (χ1) is 13.6. The fourth-order valence-electron chi connectivity index (χ4n) is 3.45. The van der Waals surface area contributed by atoms with E-state index in [-0.39, 0.29) is 18.1 Å². The molecule has 0 radical (unpaired) electrons. The molecule has 4 rings (SSSR count). The van der Waals surface area contributed by atoms with Crippen LogP contribution in [0.3, 0.4) is 0 Å². The molecule has 1 amide bonds. The summed E-state index contributed by atoms with van der Waals surface area (Å²) < 4.78 is 13.7. The van der Waals surface area contributed by atoms with Gasteiger partial charge in [0, 0.05) is 26.2 Å². The Bertz CT molecular complexity index is 1000. The second-order valence-corrected chi connectivity index (χ2v) is 6.91. The molecule has 1 saturated heterocycles. The third kappa shape index (κ3) is 3.94. The van der Waals surface area contributed by atoms with Crippen molar-refractivity contribution in [3.63, 3.8) is 0 Å². The van der Waals surface area contributed by atoms with E-state index in [1.165, 1.54) is 6.07 Å². The number of nitrogens with one attached hydrogen (secondary N) is 1. The lowest BCUT2D eigenvalue weighted by Crippen LogP contribution is -2.49. The molecule has 0 atom stereocenters. The van der Waals surface area contributed by atoms with Crippen molar-refractivity contribution in [2.24, 2.45) is 0 Å². The number of piperazine rings is 1. The summed E-state index contributed by atoms with van der Waals surface area (Å²) in [7, 11) is 0. The maximum Gasteiger partial charge on any atom is 0.238 e. The molecule has 0 spiro atoms. The Kier molecular flexibility index (Phi) is 5.16. The van der Waals surface area contributed by atoms with Gasteiger partial charge in [0.1, 0.15) is 5.82 Å². The maximum atomic E-state index is 13.7. The number of carbonyl (C=O) groups is 1. The van der Waals surface area contributed by atoms with E-state index in [0.29, 0.717) is 0 Å². The zero-order valence-corrected chi connectivity index (χ0v) is 15.7. The minimum Gasteiger partial charge on any atom is -0.353 e. The average molecular weight is 379 g/mol. The number of benzene rings is 2. The van der Waals surface area contributed by atoms with Crippen LogP contribution in [0.25, 0.3) is 11.0 Å². The zero-order valence-electron chi connectivity index (χ0n) is 15.7. The highest BCUT2D eigenvalue weighted by Gasteiger charge is 2.22. The number of amides is 1. The lowest BCUT2D eigenvalue weighted by Gasteiger charge is -2.35. The van der Waals surface area contributed by atoms with Crippen LogP contribution in [0.4, 0.5) is 15.9 Å². The molecular weight excluding hydrogens is 357 g/mol. The Balaban J connectivity index is 1.36. The third-order valence-electron chi connectivity index (χ3n) is 4.91. The summed E-state index contributed by atoms with van der Waals surface area (Å²) in [4.78, 5) is 25.9. The van der Waals surface area contributed by atoms with Crippen molar-refractivity contribution in [1.82, 2.24) is 14.9 Å². The zero-order chi connectivity index (χ0) is 19.5. The largest absolute Gasteiger partial charge is 0.353 e. The van der Waals surface area contributed by atoms with Gasteiger partial charge in [-0.25, -0.2) is 14.4 Å². The molecule has 0 saturated carbocycles. The van der Waals surface area contributed by atoms with Gasteiger partial charge in [-0.15, -0.1) is 0 Å². The van der Waals surface area contributed by atoms with Gasteiger partial charge in [0.15, 0.2) is 5.82 Å². The Hall–Kier alpha value is -3.06. The molecule has 1 N–H and O–H groups in total. The number of rotatable bonds is 4. The van der Waals surface area contributed by atoms with E-state index < -0.39 is 5.82 Å². The molecule has 0 unspecified atom stereocenters. The summed E-state index contributed by atoms with van der Waals surface area (Å²) in [5.74, 6) is 0.264. The Morgan fingerprint density at radius 2 is 1.64 bits per heavy atom. The summed E-state index contributed by atoms with van der Waals surface area (Å²) in [5.41, 5.74) is 2.90. The van der Waals surface area contributed by atoms with Gasteiger partial charge in [0.05, 0.1) is 29.0 Å². The lowest BCUT2D eigenvalue weighted by atomic mass is 10.2. The van der Waals surface area contributed by atoms with Gasteiger partial charge in [0.25, 0.3) is 0 Å². The molecule has 2 aromatic carbocycles. The molecule has 7 heteroatoms. The van der Waals surface area contributed by atoms with Crippen LogP contribution in [0.15, 0.2) is 48.5 Å². The highest BCUT2D eigenvalue weighted by Crippen LogP contribution is 2.21. The summed E-state index contributed by atoms with van der Waals surface area (Å²) >= 11 is 0. The van der Waals surface area contributed by atoms with Gasteiger partial charge in [-0.1, -0.05) is 24.3 Å². The van der Waals surface area contributed by atoms with E-state index in [1.54, 1.807) is 18.2 Å². The number of hydrogen-bond acceptors (Lipinski definition) is 5. The van der Waals surface area contributed by atoms with Gasteiger partial charge >= 0.3 is 0 Å². The molecule has 2 heterocycles. The fraction of sp³-hybridized carbons (Fsp3) is 0.286. The first-order valence-electron chi connectivity index (χ1n) is 9.35. The number of fused-ring (bicyclic) bond motifs is 1. The van der Waals surface area contributed by atoms with Gasteiger partial charge < -0.3 is 10.2 Å². The van der Waals surface area contributed by atoms with E-state index in [2.05, 4.69) is 20.1 Å². The molecule has 0 bridgehead atoms. The smallest absolute Gasteiger partial charge is 0.238 e. The SMILES string of the molecule is Cc1nc2ccccc2nc1N1CCN(CC(=O)Nc2ccccc2F)CC1. The van der Waals surface area contributed by atoms with Crippen LogP contribution in [-0.2, 0) is 4.79 Å². The summed E-state index contributed by atoms with van der Waals surface area (Å²) in [6.45, 7) is 5.21. The number of aromatic nitrogens is 2. The molecule has 1 aliphatic heterocycles. The monoisotopic (exact) mass is 379 g/mol. The number of halogens is 1. The van der Waals surface area contributed by atoms with Crippen LogP contribution < -0.4 is 10.2 Å². The van der Waals surface area contributed by atoms with Crippen molar-refractivity contribution < 1.29 is 9.18 Å². The molecule has 6 nitrogen and oxygen atoms in total. The average Bonchev–Trinajstić information content (AvgIpc) is 2.70. The van der Waals surface area contributed by atoms with E-state index in [9.17, 15) is 9.18 Å². The molecule has 3 aromatic rings. The number of nitrogens with zero attached hydrogens (tertiary/aromatic N) is 4. The second kappa shape index (κ2) is 7.90. The molecule has 0 aliphatic carbocycles. The lowest BCUT2D eigenvalue weighted by molar-refractivity contribution is -0.117. The van der Waals surface area contributed by atoms with Gasteiger partial charge in [-0.05, 0) is 31.2 Å². The number of aryl methyl sites for hydroxylation is 1. The van der Waals surface area contributed by atoms with Gasteiger partial charge in [0.2, 0.25) is 5.91 Å². The van der Waals surface area contributed by atoms with Crippen molar-refractivity contribution in [2.75, 3.05) is 42.9 Å². The number of anilines is 2. The summed E-state index contributed by atoms with van der Waals surface area (Å²) in [6.07, 6.45) is 0. The molecule has 1 fully saturated rings. The van der Waals surface area contributed by atoms with Crippen LogP contribution in [0.2, 0.25) is 0 Å². The maximum absolute atomic E-state index is 13.7. The van der Waals surface area contributed by atoms with E-state index in [1.807, 2.05) is 31.2 Å². The van der Waals surface area contributed by atoms with Crippen LogP contribution in [0.5, 0.6) is 0 Å². The van der Waals surface area contributed by atoms with E-state index in [4.69, 9.17) is 4.98 Å². The predicted molar refractivity (Wildman–Crippen MR) is 108 cm³/mol. The topological polar surface area (TPSA) is 61.4 Å². The minimum absolute atomic E-state index is 0.208. The Labute approximate surface area is 163 Å². The second-order valence-electron chi connectivity index (χ2n) is 6.91. The molecule has 28 heavy (non-hydrogen) atoms. The van der Waals surface area contributed by atoms with E-state index in [0.717, 1.165) is 48.7 Å². The standard InChI is InChI=1S/C21H22FN5O/c1-15-21(25-19-9-5-4-8-18(19)23-15)27-12-10-26(11-13-27)14-20(28)24-17-7-3-2-6-16(17)22/h2-9H,10-14H2,1H3,(H,24,28). The Morgan fingerprint density at radius 1 is 1.00 bits per heavy atom. The van der Waals surface area contributed by atoms with Crippen molar-refractivity contribution in [2.45, 2.75) is 6.92 Å². The van der Waals surface area contributed by atoms with Gasteiger partial charge in [-0.2, -0.15) is 0 Å². The van der Waals surface area contributed by atoms with Crippen LogP contribution >= 0.6 is 0 Å². The van der Waals surface area contributed by atoms with Crippen LogP contribution in [0, 0.1) is 12.7 Å². The first-order valence-corrected chi connectivity index (χ1v) is 9.35. The molecule has 1 aliphatic rings. The molecular formula is C21H22FN5O. The van der Waals surface area contributed by atoms with Crippen molar-refractivity contribution in [1.29, 1.82) is 0 Å². The van der Waals surface area contributed by atoms with Crippen molar-refractivity contribution in [3.8, 4) is 0 Å². The number of hydrogen-bond donors (Lipinski definition) is 1.